The number of nitrogens with one attached hydrogen (secondary N) is 1. The number of carbonyl (C=O) groups is 1. The lowest BCUT2D eigenvalue weighted by atomic mass is 10.1. The summed E-state index contributed by atoms with van der Waals surface area (Å²) in [6, 6.07) is 12.6. The molecule has 0 aliphatic heterocycles. The van der Waals surface area contributed by atoms with Gasteiger partial charge >= 0.3 is 5.69 Å². The summed E-state index contributed by atoms with van der Waals surface area (Å²) in [4.78, 5) is 43.5. The molecule has 3 aromatic carbocycles. The van der Waals surface area contributed by atoms with Crippen LogP contribution in [0.1, 0.15) is 5.56 Å². The van der Waals surface area contributed by atoms with E-state index in [2.05, 4.69) is 21.2 Å². The molecule has 0 aliphatic rings. The molecule has 3 aromatic rings. The van der Waals surface area contributed by atoms with Crippen molar-refractivity contribution in [1.29, 1.82) is 5.26 Å². The molecule has 0 saturated carbocycles. The van der Waals surface area contributed by atoms with Crippen molar-refractivity contribution in [1.82, 2.24) is 0 Å². The second kappa shape index (κ2) is 11.2. The molecule has 0 radical (unpaired) electrons. The molecule has 0 saturated heterocycles. The Morgan fingerprint density at radius 1 is 0.946 bits per heavy atom. The van der Waals surface area contributed by atoms with Gasteiger partial charge in [-0.15, -0.1) is 0 Å². The fraction of sp³-hybridized carbons (Fsp3) is 0. The standard InChI is InChI=1S/C22H11BrClN5O8/c23-16-8-12(1-5-20(16)37-21-6-3-15(27(31)32)10-19(21)29(35)36)7-13(11-25)22(30)26-14-2-4-17(24)18(9-14)28(33)34/h1-10H,(H,26,30)/b13-7+. The third kappa shape index (κ3) is 6.42. The number of amides is 1. The summed E-state index contributed by atoms with van der Waals surface area (Å²) in [6.07, 6.45) is 1.24. The Bertz CT molecular complexity index is 1540. The van der Waals surface area contributed by atoms with E-state index in [0.29, 0.717) is 10.0 Å². The van der Waals surface area contributed by atoms with Crippen LogP contribution in [0.4, 0.5) is 22.7 Å². The summed E-state index contributed by atoms with van der Waals surface area (Å²) in [5.41, 5.74) is -1.42. The van der Waals surface area contributed by atoms with Gasteiger partial charge in [-0.25, -0.2) is 0 Å². The maximum atomic E-state index is 12.5. The van der Waals surface area contributed by atoms with E-state index in [9.17, 15) is 40.4 Å². The highest BCUT2D eigenvalue weighted by Gasteiger charge is 2.22. The van der Waals surface area contributed by atoms with E-state index >= 15 is 0 Å². The van der Waals surface area contributed by atoms with Gasteiger partial charge in [0.1, 0.15) is 22.4 Å². The summed E-state index contributed by atoms with van der Waals surface area (Å²) in [6.45, 7) is 0. The molecule has 0 heterocycles. The van der Waals surface area contributed by atoms with Crippen molar-refractivity contribution in [3.8, 4) is 17.6 Å². The normalized spacial score (nSPS) is 10.8. The van der Waals surface area contributed by atoms with Gasteiger partial charge in [0, 0.05) is 17.8 Å². The molecule has 37 heavy (non-hydrogen) atoms. The number of non-ortho nitro benzene ring substituents is 1. The van der Waals surface area contributed by atoms with Crippen LogP contribution < -0.4 is 10.1 Å². The summed E-state index contributed by atoms with van der Waals surface area (Å²) in [5, 5.41) is 44.9. The fourth-order valence-corrected chi connectivity index (χ4v) is 3.56. The molecule has 1 amide bonds. The average molecular weight is 589 g/mol. The number of rotatable bonds is 8. The number of ether oxygens (including phenoxy) is 1. The van der Waals surface area contributed by atoms with Crippen molar-refractivity contribution < 1.29 is 24.3 Å². The number of hydrogen-bond donors (Lipinski definition) is 1. The molecule has 0 aliphatic carbocycles. The van der Waals surface area contributed by atoms with Gasteiger partial charge < -0.3 is 10.1 Å². The molecule has 15 heteroatoms. The molecule has 0 atom stereocenters. The number of nitrogens with zero attached hydrogens (tertiary/aromatic N) is 4. The largest absolute Gasteiger partial charge is 0.449 e. The van der Waals surface area contributed by atoms with Crippen molar-refractivity contribution in [3.05, 3.63) is 106 Å². The van der Waals surface area contributed by atoms with E-state index in [1.807, 2.05) is 0 Å². The number of anilines is 1. The third-order valence-corrected chi connectivity index (χ3v) is 5.54. The molecule has 186 valence electrons. The number of carbonyl (C=O) groups excluding carboxylic acids is 1. The molecule has 0 spiro atoms. The van der Waals surface area contributed by atoms with Crippen molar-refractivity contribution in [2.45, 2.75) is 0 Å². The highest BCUT2D eigenvalue weighted by atomic mass is 79.9. The van der Waals surface area contributed by atoms with E-state index in [-0.39, 0.29) is 27.8 Å². The van der Waals surface area contributed by atoms with E-state index in [1.165, 1.54) is 36.4 Å². The first kappa shape index (κ1) is 26.7. The lowest BCUT2D eigenvalue weighted by Gasteiger charge is -2.09. The van der Waals surface area contributed by atoms with Crippen LogP contribution in [0.3, 0.4) is 0 Å². The Labute approximate surface area is 220 Å². The van der Waals surface area contributed by atoms with Crippen molar-refractivity contribution in [3.63, 3.8) is 0 Å². The minimum atomic E-state index is -0.836. The quantitative estimate of drug-likeness (QED) is 0.139. The van der Waals surface area contributed by atoms with Crippen LogP contribution in [0, 0.1) is 41.7 Å². The minimum absolute atomic E-state index is 0.0527. The SMILES string of the molecule is N#C/C(=C\c1ccc(Oc2ccc([N+](=O)[O-])cc2[N+](=O)[O-])c(Br)c1)C(=O)Nc1ccc(Cl)c([N+](=O)[O-])c1. The van der Waals surface area contributed by atoms with Crippen LogP contribution in [0.5, 0.6) is 11.5 Å². The third-order valence-electron chi connectivity index (χ3n) is 4.60. The minimum Gasteiger partial charge on any atom is -0.449 e. The Morgan fingerprint density at radius 2 is 1.62 bits per heavy atom. The number of nitro groups is 3. The van der Waals surface area contributed by atoms with Gasteiger partial charge in [-0.3, -0.25) is 35.1 Å². The molecule has 0 fully saturated rings. The lowest BCUT2D eigenvalue weighted by molar-refractivity contribution is -0.394. The fourth-order valence-electron chi connectivity index (χ4n) is 2.90. The van der Waals surface area contributed by atoms with Crippen molar-refractivity contribution >= 4 is 62.3 Å². The van der Waals surface area contributed by atoms with Crippen LogP contribution in [-0.4, -0.2) is 20.7 Å². The van der Waals surface area contributed by atoms with Crippen LogP contribution >= 0.6 is 27.5 Å². The van der Waals surface area contributed by atoms with Crippen LogP contribution in [0.15, 0.2) is 64.6 Å². The first-order valence-electron chi connectivity index (χ1n) is 9.77. The Morgan fingerprint density at radius 3 is 2.22 bits per heavy atom. The number of nitriles is 1. The van der Waals surface area contributed by atoms with Gasteiger partial charge in [0.15, 0.2) is 0 Å². The number of halogens is 2. The predicted octanol–water partition coefficient (Wildman–Crippen LogP) is 6.17. The predicted molar refractivity (Wildman–Crippen MR) is 134 cm³/mol. The zero-order valence-corrected chi connectivity index (χ0v) is 20.4. The molecular weight excluding hydrogens is 578 g/mol. The number of nitro benzene ring substituents is 3. The summed E-state index contributed by atoms with van der Waals surface area (Å²) in [5.74, 6) is -0.962. The van der Waals surface area contributed by atoms with E-state index in [1.54, 1.807) is 6.07 Å². The number of hydrogen-bond acceptors (Lipinski definition) is 9. The Hall–Kier alpha value is -4.87. The smallest absolute Gasteiger partial charge is 0.318 e. The molecule has 3 rings (SSSR count). The van der Waals surface area contributed by atoms with Gasteiger partial charge in [-0.05, 0) is 57.9 Å². The maximum absolute atomic E-state index is 12.5. The number of benzene rings is 3. The Balaban J connectivity index is 1.84. The molecular formula is C22H11BrClN5O8. The molecule has 0 bridgehead atoms. The molecule has 0 aromatic heterocycles. The zero-order valence-electron chi connectivity index (χ0n) is 18.1. The first-order valence-corrected chi connectivity index (χ1v) is 10.9. The van der Waals surface area contributed by atoms with Crippen LogP contribution in [0.2, 0.25) is 5.02 Å². The second-order valence-electron chi connectivity index (χ2n) is 7.01. The summed E-state index contributed by atoms with van der Waals surface area (Å²) in [7, 11) is 0. The van der Waals surface area contributed by atoms with Crippen molar-refractivity contribution in [2.24, 2.45) is 0 Å². The van der Waals surface area contributed by atoms with E-state index < -0.39 is 37.7 Å². The maximum Gasteiger partial charge on any atom is 0.318 e. The van der Waals surface area contributed by atoms with Gasteiger partial charge in [-0.2, -0.15) is 5.26 Å². The van der Waals surface area contributed by atoms with Gasteiger partial charge in [0.25, 0.3) is 17.3 Å². The highest BCUT2D eigenvalue weighted by Crippen LogP contribution is 2.37. The highest BCUT2D eigenvalue weighted by molar-refractivity contribution is 9.10. The lowest BCUT2D eigenvalue weighted by Crippen LogP contribution is -2.13. The van der Waals surface area contributed by atoms with Crippen LogP contribution in [-0.2, 0) is 4.79 Å². The average Bonchev–Trinajstić information content (AvgIpc) is 2.84. The monoisotopic (exact) mass is 587 g/mol. The van der Waals surface area contributed by atoms with Crippen molar-refractivity contribution in [2.75, 3.05) is 5.32 Å². The topological polar surface area (TPSA) is 192 Å². The first-order chi connectivity index (χ1) is 17.5. The zero-order chi connectivity index (χ0) is 27.3. The van der Waals surface area contributed by atoms with E-state index in [0.717, 1.165) is 24.3 Å². The molecule has 13 nitrogen and oxygen atoms in total. The van der Waals surface area contributed by atoms with E-state index in [4.69, 9.17) is 16.3 Å². The van der Waals surface area contributed by atoms with Gasteiger partial charge in [0.2, 0.25) is 5.75 Å². The Kier molecular flexibility index (Phi) is 8.12. The van der Waals surface area contributed by atoms with Crippen LogP contribution in [0.25, 0.3) is 6.08 Å². The summed E-state index contributed by atoms with van der Waals surface area (Å²) < 4.78 is 5.84. The molecule has 1 N–H and O–H groups in total. The molecule has 0 unspecified atom stereocenters. The summed E-state index contributed by atoms with van der Waals surface area (Å²) >= 11 is 9.00. The second-order valence-corrected chi connectivity index (χ2v) is 8.27. The van der Waals surface area contributed by atoms with Gasteiger partial charge in [-0.1, -0.05) is 17.7 Å². The van der Waals surface area contributed by atoms with Gasteiger partial charge in [0.05, 0.1) is 25.3 Å².